The van der Waals surface area contributed by atoms with E-state index >= 15 is 0 Å². The molecule has 2 heterocycles. The third-order valence-corrected chi connectivity index (χ3v) is 12.2. The summed E-state index contributed by atoms with van der Waals surface area (Å²) in [5.74, 6) is 1.20. The molecule has 0 N–H and O–H groups in total. The average molecular weight is 735 g/mol. The van der Waals surface area contributed by atoms with Gasteiger partial charge in [0.2, 0.25) is 0 Å². The van der Waals surface area contributed by atoms with Crippen LogP contribution in [0.2, 0.25) is 0 Å². The number of hydrogen-bond donors (Lipinski definition) is 0. The van der Waals surface area contributed by atoms with E-state index in [2.05, 4.69) is 210 Å². The van der Waals surface area contributed by atoms with Crippen LogP contribution in [-0.2, 0) is 0 Å². The van der Waals surface area contributed by atoms with Gasteiger partial charge in [-0.05, 0) is 95.1 Å². The summed E-state index contributed by atoms with van der Waals surface area (Å²) in [5.41, 5.74) is 15.0. The van der Waals surface area contributed by atoms with Gasteiger partial charge in [0.15, 0.2) is 0 Å². The van der Waals surface area contributed by atoms with E-state index in [-0.39, 0.29) is 18.1 Å². The molecule has 0 radical (unpaired) electrons. The molecule has 0 spiro atoms. The fourth-order valence-corrected chi connectivity index (χ4v) is 9.51. The van der Waals surface area contributed by atoms with Gasteiger partial charge in [-0.15, -0.1) is 0 Å². The summed E-state index contributed by atoms with van der Waals surface area (Å²) in [5, 5.41) is 2.43. The number of fused-ring (bicyclic) bond motifs is 7. The van der Waals surface area contributed by atoms with Crippen molar-refractivity contribution in [3.63, 3.8) is 0 Å². The molecule has 274 valence electrons. The molecule has 1 aliphatic heterocycles. The van der Waals surface area contributed by atoms with Crippen LogP contribution in [0.1, 0.15) is 36.3 Å². The minimum atomic E-state index is -0.0555. The molecule has 1 aromatic heterocycles. The largest absolute Gasteiger partial charge is 0.484 e. The number of benzene rings is 6. The number of nitrogens with zero attached hydrogens (tertiary/aromatic N) is 2. The Balaban J connectivity index is 0.926. The molecule has 0 amide bonds. The van der Waals surface area contributed by atoms with Gasteiger partial charge in [0.25, 0.3) is 0 Å². The zero-order valence-corrected chi connectivity index (χ0v) is 31.7. The minimum absolute atomic E-state index is 0.0555. The number of rotatable bonds is 7. The summed E-state index contributed by atoms with van der Waals surface area (Å²) in [7, 11) is 0. The topological polar surface area (TPSA) is 17.4 Å². The summed E-state index contributed by atoms with van der Waals surface area (Å²) >= 11 is 0. The number of anilines is 1. The summed E-state index contributed by atoms with van der Waals surface area (Å²) in [6.07, 6.45) is 21.5. The van der Waals surface area contributed by atoms with Gasteiger partial charge in [0, 0.05) is 33.9 Å². The van der Waals surface area contributed by atoms with Gasteiger partial charge in [0.1, 0.15) is 11.9 Å². The molecule has 0 saturated carbocycles. The Morgan fingerprint density at radius 1 is 0.596 bits per heavy atom. The van der Waals surface area contributed by atoms with E-state index in [1.165, 1.54) is 72.2 Å². The van der Waals surface area contributed by atoms with Gasteiger partial charge in [-0.2, -0.15) is 0 Å². The molecule has 3 unspecified atom stereocenters. The normalized spacial score (nSPS) is 19.6. The van der Waals surface area contributed by atoms with E-state index in [0.717, 1.165) is 30.7 Å². The summed E-state index contributed by atoms with van der Waals surface area (Å²) < 4.78 is 9.53. The molecular formula is C54H42N2O. The lowest BCUT2D eigenvalue weighted by Crippen LogP contribution is -2.34. The van der Waals surface area contributed by atoms with Crippen LogP contribution in [0.25, 0.3) is 44.2 Å². The smallest absolute Gasteiger partial charge is 0.134 e. The van der Waals surface area contributed by atoms with Crippen molar-refractivity contribution in [3.8, 4) is 22.6 Å². The molecule has 0 fully saturated rings. The monoisotopic (exact) mass is 734 g/mol. The van der Waals surface area contributed by atoms with E-state index in [1.54, 1.807) is 0 Å². The third-order valence-electron chi connectivity index (χ3n) is 12.2. The molecule has 11 rings (SSSR count). The highest BCUT2D eigenvalue weighted by Gasteiger charge is 2.40. The van der Waals surface area contributed by atoms with E-state index in [0.29, 0.717) is 0 Å². The fraction of sp³-hybridized carbons (Fsp3) is 0.111. The SMILES string of the molecule is C1=CC2c3ccc4c(c3OC2C(C2=CC=C(N(c3ccc(-c5ccccc5)cc3)C3C=CC(c5ccccc5)=CC3)CC2)=C1)c1ccccc1n4-c1ccccc1. The highest BCUT2D eigenvalue weighted by molar-refractivity contribution is 6.13. The van der Waals surface area contributed by atoms with Crippen molar-refractivity contribution in [3.05, 3.63) is 228 Å². The van der Waals surface area contributed by atoms with Crippen LogP contribution < -0.4 is 9.64 Å². The van der Waals surface area contributed by atoms with Crippen LogP contribution in [0.5, 0.6) is 5.75 Å². The van der Waals surface area contributed by atoms with Gasteiger partial charge in [-0.1, -0.05) is 158 Å². The lowest BCUT2D eigenvalue weighted by Gasteiger charge is -2.37. The number of hydrogen-bond acceptors (Lipinski definition) is 2. The molecule has 7 aromatic rings. The van der Waals surface area contributed by atoms with Crippen LogP contribution in [0.3, 0.4) is 0 Å². The number of ether oxygens (including phenoxy) is 1. The second-order valence-corrected chi connectivity index (χ2v) is 15.5. The van der Waals surface area contributed by atoms with E-state index < -0.39 is 0 Å². The third kappa shape index (κ3) is 5.81. The Morgan fingerprint density at radius 3 is 2.05 bits per heavy atom. The summed E-state index contributed by atoms with van der Waals surface area (Å²) in [6, 6.07) is 54.7. The van der Waals surface area contributed by atoms with Crippen molar-refractivity contribution in [1.82, 2.24) is 4.57 Å². The molecule has 3 atom stereocenters. The van der Waals surface area contributed by atoms with Gasteiger partial charge in [-0.3, -0.25) is 0 Å². The molecule has 57 heavy (non-hydrogen) atoms. The minimum Gasteiger partial charge on any atom is -0.484 e. The summed E-state index contributed by atoms with van der Waals surface area (Å²) in [6.45, 7) is 0. The zero-order chi connectivity index (χ0) is 37.7. The summed E-state index contributed by atoms with van der Waals surface area (Å²) in [4.78, 5) is 2.57. The standard InChI is InChI=1S/C54H42N2O/c1-4-13-37(14-5-1)39-23-29-43(30-24-39)55(44-31-25-40(26-32-44)38-15-6-2-7-16-38)45-33-27-41(28-34-45)46-20-12-21-47-48-35-36-51-52(54(48)57-53(46)47)49-19-10-11-22-50(49)56(51)42-17-8-3-9-18-42/h1-27,29-31,33,35-36,44,47,53H,28,32,34H2. The highest BCUT2D eigenvalue weighted by Crippen LogP contribution is 2.51. The zero-order valence-electron chi connectivity index (χ0n) is 31.7. The Labute approximate surface area is 334 Å². The van der Waals surface area contributed by atoms with Crippen molar-refractivity contribution in [2.45, 2.75) is 37.3 Å². The molecule has 0 bridgehead atoms. The van der Waals surface area contributed by atoms with E-state index in [4.69, 9.17) is 4.74 Å². The fourth-order valence-electron chi connectivity index (χ4n) is 9.51. The maximum absolute atomic E-state index is 7.16. The lowest BCUT2D eigenvalue weighted by atomic mass is 9.81. The second-order valence-electron chi connectivity index (χ2n) is 15.5. The first kappa shape index (κ1) is 33.5. The average Bonchev–Trinajstić information content (AvgIpc) is 3.84. The van der Waals surface area contributed by atoms with Crippen molar-refractivity contribution in [2.24, 2.45) is 0 Å². The Kier molecular flexibility index (Phi) is 8.24. The van der Waals surface area contributed by atoms with Crippen molar-refractivity contribution < 1.29 is 4.74 Å². The first-order chi connectivity index (χ1) is 28.3. The molecule has 6 aromatic carbocycles. The van der Waals surface area contributed by atoms with Gasteiger partial charge < -0.3 is 14.2 Å². The number of aromatic nitrogens is 1. The van der Waals surface area contributed by atoms with Crippen LogP contribution in [-0.4, -0.2) is 16.7 Å². The molecule has 3 aliphatic carbocycles. The Hall–Kier alpha value is -6.84. The van der Waals surface area contributed by atoms with Crippen LogP contribution in [0.15, 0.2) is 217 Å². The lowest BCUT2D eigenvalue weighted by molar-refractivity contribution is 0.259. The van der Waals surface area contributed by atoms with Crippen LogP contribution >= 0.6 is 0 Å². The quantitative estimate of drug-likeness (QED) is 0.162. The Bertz CT molecular complexity index is 2830. The second kappa shape index (κ2) is 14.0. The van der Waals surface area contributed by atoms with Gasteiger partial charge in [0.05, 0.1) is 22.5 Å². The molecule has 4 aliphatic rings. The van der Waals surface area contributed by atoms with Crippen LogP contribution in [0, 0.1) is 0 Å². The number of allylic oxidation sites excluding steroid dienone is 7. The van der Waals surface area contributed by atoms with E-state index in [9.17, 15) is 0 Å². The maximum atomic E-state index is 7.16. The first-order valence-corrected chi connectivity index (χ1v) is 20.2. The Morgan fingerprint density at radius 2 is 1.32 bits per heavy atom. The maximum Gasteiger partial charge on any atom is 0.134 e. The molecule has 0 saturated heterocycles. The van der Waals surface area contributed by atoms with Gasteiger partial charge in [-0.25, -0.2) is 0 Å². The van der Waals surface area contributed by atoms with Crippen molar-refractivity contribution in [1.29, 1.82) is 0 Å². The first-order valence-electron chi connectivity index (χ1n) is 20.2. The van der Waals surface area contributed by atoms with Crippen molar-refractivity contribution in [2.75, 3.05) is 4.90 Å². The van der Waals surface area contributed by atoms with Crippen LogP contribution in [0.4, 0.5) is 5.69 Å². The van der Waals surface area contributed by atoms with Gasteiger partial charge >= 0.3 is 0 Å². The molecule has 3 heteroatoms. The number of para-hydroxylation sites is 2. The molecule has 3 nitrogen and oxygen atoms in total. The highest BCUT2D eigenvalue weighted by atomic mass is 16.5. The predicted octanol–water partition coefficient (Wildman–Crippen LogP) is 13.3. The van der Waals surface area contributed by atoms with E-state index in [1.807, 2.05) is 0 Å². The molecular weight excluding hydrogens is 693 g/mol. The van der Waals surface area contributed by atoms with Crippen molar-refractivity contribution >= 4 is 33.1 Å². The predicted molar refractivity (Wildman–Crippen MR) is 237 cm³/mol.